The summed E-state index contributed by atoms with van der Waals surface area (Å²) in [4.78, 5) is 28.2. The third kappa shape index (κ3) is 4.89. The predicted octanol–water partition coefficient (Wildman–Crippen LogP) is 6.88. The highest BCUT2D eigenvalue weighted by Crippen LogP contribution is 2.43. The van der Waals surface area contributed by atoms with E-state index in [0.717, 1.165) is 36.8 Å². The van der Waals surface area contributed by atoms with Gasteiger partial charge in [0.2, 0.25) is 0 Å². The number of halogens is 1. The molecular weight excluding hydrogens is 474 g/mol. The number of hydrogen-bond acceptors (Lipinski definition) is 4. The van der Waals surface area contributed by atoms with Crippen molar-refractivity contribution >= 4 is 34.7 Å². The van der Waals surface area contributed by atoms with E-state index >= 15 is 0 Å². The monoisotopic (exact) mass is 503 g/mol. The van der Waals surface area contributed by atoms with E-state index in [1.807, 2.05) is 48.5 Å². The molecule has 4 rings (SSSR count). The Morgan fingerprint density at radius 2 is 1.64 bits per heavy atom. The molecule has 5 nitrogen and oxygen atoms in total. The Morgan fingerprint density at radius 1 is 0.972 bits per heavy atom. The van der Waals surface area contributed by atoms with Crippen molar-refractivity contribution in [3.8, 4) is 5.75 Å². The number of carbonyl (C=O) groups excluding carboxylic acids is 2. The molecule has 0 aromatic heterocycles. The van der Waals surface area contributed by atoms with Gasteiger partial charge >= 0.3 is 0 Å². The Kier molecular flexibility index (Phi) is 7.80. The summed E-state index contributed by atoms with van der Waals surface area (Å²) < 4.78 is 5.29. The minimum Gasteiger partial charge on any atom is -0.507 e. The van der Waals surface area contributed by atoms with E-state index in [4.69, 9.17) is 16.3 Å². The van der Waals surface area contributed by atoms with Crippen molar-refractivity contribution in [1.82, 2.24) is 0 Å². The van der Waals surface area contributed by atoms with Gasteiger partial charge in [-0.05, 0) is 66.3 Å². The first-order chi connectivity index (χ1) is 17.4. The van der Waals surface area contributed by atoms with Gasteiger partial charge < -0.3 is 9.84 Å². The van der Waals surface area contributed by atoms with Crippen molar-refractivity contribution in [1.29, 1.82) is 0 Å². The summed E-state index contributed by atoms with van der Waals surface area (Å²) >= 11 is 6.16. The molecule has 3 aromatic carbocycles. The summed E-state index contributed by atoms with van der Waals surface area (Å²) in [7, 11) is 1.48. The standard InChI is InChI=1S/C30H30ClNO4/c1-4-6-7-20-10-15-23(16-11-20)32-27(21-12-8-19(5-2)9-13-21)26(29(34)30(32)35)28(33)22-14-17-24(31)25(18-22)36-3/h8-18,27,33H,4-7H2,1-3H3/b28-26-. The maximum atomic E-state index is 13.4. The molecule has 1 atom stereocenters. The first-order valence-corrected chi connectivity index (χ1v) is 12.6. The van der Waals surface area contributed by atoms with Gasteiger partial charge in [-0.2, -0.15) is 0 Å². The largest absolute Gasteiger partial charge is 0.507 e. The number of unbranched alkanes of at least 4 members (excludes halogenated alkanes) is 1. The summed E-state index contributed by atoms with van der Waals surface area (Å²) in [5.41, 5.74) is 4.04. The van der Waals surface area contributed by atoms with Gasteiger partial charge in [0.15, 0.2) is 0 Å². The Balaban J connectivity index is 1.86. The molecule has 1 saturated heterocycles. The Hall–Kier alpha value is -3.57. The first kappa shape index (κ1) is 25.5. The van der Waals surface area contributed by atoms with Crippen molar-refractivity contribution < 1.29 is 19.4 Å². The van der Waals surface area contributed by atoms with Gasteiger partial charge in [-0.15, -0.1) is 0 Å². The van der Waals surface area contributed by atoms with Crippen LogP contribution in [0.5, 0.6) is 5.75 Å². The average Bonchev–Trinajstić information content (AvgIpc) is 3.17. The predicted molar refractivity (Wildman–Crippen MR) is 144 cm³/mol. The van der Waals surface area contributed by atoms with E-state index < -0.39 is 17.7 Å². The van der Waals surface area contributed by atoms with E-state index in [9.17, 15) is 14.7 Å². The molecule has 1 fully saturated rings. The number of aryl methyl sites for hydroxylation is 2. The molecular formula is C30H30ClNO4. The van der Waals surface area contributed by atoms with E-state index in [0.29, 0.717) is 22.0 Å². The van der Waals surface area contributed by atoms with Crippen LogP contribution in [0.2, 0.25) is 5.02 Å². The number of Topliss-reactive ketones (excluding diaryl/α,β-unsaturated/α-hetero) is 1. The molecule has 36 heavy (non-hydrogen) atoms. The molecule has 0 spiro atoms. The molecule has 1 unspecified atom stereocenters. The summed E-state index contributed by atoms with van der Waals surface area (Å²) in [5.74, 6) is -1.32. The van der Waals surface area contributed by atoms with Crippen LogP contribution < -0.4 is 9.64 Å². The van der Waals surface area contributed by atoms with Gasteiger partial charge in [0.1, 0.15) is 11.5 Å². The molecule has 1 amide bonds. The Morgan fingerprint density at radius 3 is 2.25 bits per heavy atom. The maximum absolute atomic E-state index is 13.4. The van der Waals surface area contributed by atoms with E-state index in [-0.39, 0.29) is 11.3 Å². The molecule has 1 N–H and O–H groups in total. The van der Waals surface area contributed by atoms with Crippen molar-refractivity contribution in [3.05, 3.63) is 99.6 Å². The lowest BCUT2D eigenvalue weighted by atomic mass is 9.94. The number of anilines is 1. The second-order valence-corrected chi connectivity index (χ2v) is 9.29. The molecule has 1 heterocycles. The van der Waals surface area contributed by atoms with Gasteiger partial charge in [0.25, 0.3) is 11.7 Å². The zero-order valence-corrected chi connectivity index (χ0v) is 21.5. The van der Waals surface area contributed by atoms with Crippen LogP contribution in [-0.4, -0.2) is 23.9 Å². The number of ketones is 1. The molecule has 186 valence electrons. The van der Waals surface area contributed by atoms with Gasteiger partial charge in [-0.1, -0.05) is 68.3 Å². The quantitative estimate of drug-likeness (QED) is 0.207. The van der Waals surface area contributed by atoms with Crippen LogP contribution in [0.1, 0.15) is 55.0 Å². The van der Waals surface area contributed by atoms with E-state index in [1.165, 1.54) is 17.6 Å². The van der Waals surface area contributed by atoms with Crippen LogP contribution in [0.3, 0.4) is 0 Å². The van der Waals surface area contributed by atoms with E-state index in [1.54, 1.807) is 18.2 Å². The van der Waals surface area contributed by atoms with Crippen LogP contribution in [0.25, 0.3) is 5.76 Å². The topological polar surface area (TPSA) is 66.8 Å². The van der Waals surface area contributed by atoms with Crippen LogP contribution in [0.4, 0.5) is 5.69 Å². The molecule has 0 aliphatic carbocycles. The third-order valence-corrected chi connectivity index (χ3v) is 6.92. The lowest BCUT2D eigenvalue weighted by Crippen LogP contribution is -2.29. The van der Waals surface area contributed by atoms with Crippen molar-refractivity contribution in [3.63, 3.8) is 0 Å². The number of amides is 1. The highest BCUT2D eigenvalue weighted by Gasteiger charge is 2.47. The highest BCUT2D eigenvalue weighted by molar-refractivity contribution is 6.51. The molecule has 1 aliphatic heterocycles. The fourth-order valence-electron chi connectivity index (χ4n) is 4.52. The summed E-state index contributed by atoms with van der Waals surface area (Å²) in [5, 5.41) is 11.7. The summed E-state index contributed by atoms with van der Waals surface area (Å²) in [6, 6.07) is 19.5. The normalized spacial score (nSPS) is 17.0. The Bertz CT molecular complexity index is 1300. The molecule has 1 aliphatic rings. The summed E-state index contributed by atoms with van der Waals surface area (Å²) in [6.07, 6.45) is 4.00. The van der Waals surface area contributed by atoms with Gasteiger partial charge in [0.05, 0.1) is 23.7 Å². The maximum Gasteiger partial charge on any atom is 0.300 e. The number of ether oxygens (including phenoxy) is 1. The van der Waals surface area contributed by atoms with Crippen LogP contribution in [-0.2, 0) is 22.4 Å². The fourth-order valence-corrected chi connectivity index (χ4v) is 4.71. The lowest BCUT2D eigenvalue weighted by molar-refractivity contribution is -0.132. The zero-order valence-electron chi connectivity index (χ0n) is 20.8. The van der Waals surface area contributed by atoms with Crippen LogP contribution >= 0.6 is 11.6 Å². The number of hydrogen-bond donors (Lipinski definition) is 1. The average molecular weight is 504 g/mol. The van der Waals surface area contributed by atoms with Gasteiger partial charge in [-0.3, -0.25) is 14.5 Å². The molecule has 0 radical (unpaired) electrons. The number of rotatable bonds is 8. The highest BCUT2D eigenvalue weighted by atomic mass is 35.5. The number of methoxy groups -OCH3 is 1. The smallest absolute Gasteiger partial charge is 0.300 e. The third-order valence-electron chi connectivity index (χ3n) is 6.61. The van der Waals surface area contributed by atoms with E-state index in [2.05, 4.69) is 13.8 Å². The number of carbonyl (C=O) groups is 2. The first-order valence-electron chi connectivity index (χ1n) is 12.2. The van der Waals surface area contributed by atoms with Crippen LogP contribution in [0.15, 0.2) is 72.3 Å². The minimum absolute atomic E-state index is 0.0312. The number of aliphatic hydroxyl groups excluding tert-OH is 1. The van der Waals surface area contributed by atoms with Crippen molar-refractivity contribution in [2.45, 2.75) is 45.6 Å². The molecule has 6 heteroatoms. The zero-order chi connectivity index (χ0) is 25.8. The number of benzene rings is 3. The minimum atomic E-state index is -0.779. The van der Waals surface area contributed by atoms with Gasteiger partial charge in [0, 0.05) is 11.3 Å². The molecule has 0 saturated carbocycles. The number of aliphatic hydroxyl groups is 1. The van der Waals surface area contributed by atoms with Crippen molar-refractivity contribution in [2.24, 2.45) is 0 Å². The summed E-state index contributed by atoms with van der Waals surface area (Å²) in [6.45, 7) is 4.21. The Labute approximate surface area is 217 Å². The fraction of sp³-hybridized carbons (Fsp3) is 0.267. The van der Waals surface area contributed by atoms with Gasteiger partial charge in [-0.25, -0.2) is 0 Å². The van der Waals surface area contributed by atoms with Crippen LogP contribution in [0, 0.1) is 0 Å². The second-order valence-electron chi connectivity index (χ2n) is 8.88. The van der Waals surface area contributed by atoms with Crippen molar-refractivity contribution in [2.75, 3.05) is 12.0 Å². The number of nitrogens with zero attached hydrogens (tertiary/aromatic N) is 1. The molecule has 3 aromatic rings. The lowest BCUT2D eigenvalue weighted by Gasteiger charge is -2.26. The second kappa shape index (κ2) is 11.0. The molecule has 0 bridgehead atoms. The SMILES string of the molecule is CCCCc1ccc(N2C(=O)C(=O)/C(=C(\O)c3ccc(Cl)c(OC)c3)C2c2ccc(CC)cc2)cc1.